The van der Waals surface area contributed by atoms with Gasteiger partial charge in [-0.15, -0.1) is 0 Å². The molecule has 230 valence electrons. The lowest BCUT2D eigenvalue weighted by Crippen LogP contribution is -2.30. The van der Waals surface area contributed by atoms with Crippen LogP contribution in [0.5, 0.6) is 23.1 Å². The third kappa shape index (κ3) is 6.12. The zero-order valence-corrected chi connectivity index (χ0v) is 25.2. The molecule has 0 aliphatic carbocycles. The third-order valence-electron chi connectivity index (χ3n) is 7.53. The molecule has 44 heavy (non-hydrogen) atoms. The van der Waals surface area contributed by atoms with E-state index in [1.807, 2.05) is 17.6 Å². The molecule has 0 saturated heterocycles. The summed E-state index contributed by atoms with van der Waals surface area (Å²) >= 11 is 0. The van der Waals surface area contributed by atoms with E-state index in [0.717, 1.165) is 17.3 Å². The topological polar surface area (TPSA) is 124 Å². The highest BCUT2D eigenvalue weighted by molar-refractivity contribution is 6.05. The molecule has 0 bridgehead atoms. The molecule has 4 aromatic rings. The maximum atomic E-state index is 15.3. The second-order valence-electron chi connectivity index (χ2n) is 10.1. The van der Waals surface area contributed by atoms with Crippen LogP contribution >= 0.6 is 0 Å². The van der Waals surface area contributed by atoms with Crippen LogP contribution in [0.4, 0.5) is 10.1 Å². The minimum atomic E-state index is -0.721. The second-order valence-corrected chi connectivity index (χ2v) is 10.1. The molecule has 1 aliphatic rings. The van der Waals surface area contributed by atoms with Crippen molar-refractivity contribution in [3.63, 3.8) is 0 Å². The van der Waals surface area contributed by atoms with Gasteiger partial charge in [0, 0.05) is 61.2 Å². The van der Waals surface area contributed by atoms with Gasteiger partial charge in [-0.3, -0.25) is 9.59 Å². The van der Waals surface area contributed by atoms with Gasteiger partial charge in [-0.25, -0.2) is 9.37 Å². The number of H-pyrrole nitrogens is 1. The van der Waals surface area contributed by atoms with E-state index in [-0.39, 0.29) is 22.4 Å². The number of benzene rings is 1. The molecular formula is C32H34FN4O7+. The zero-order chi connectivity index (χ0) is 31.4. The lowest BCUT2D eigenvalue weighted by atomic mass is 9.96. The third-order valence-corrected chi connectivity index (χ3v) is 7.53. The Morgan fingerprint density at radius 2 is 1.93 bits per heavy atom. The van der Waals surface area contributed by atoms with Crippen molar-refractivity contribution in [3.05, 3.63) is 81.2 Å². The van der Waals surface area contributed by atoms with E-state index in [2.05, 4.69) is 15.3 Å². The number of nitrogens with one attached hydrogen (secondary N) is 2. The van der Waals surface area contributed by atoms with E-state index < -0.39 is 11.7 Å². The van der Waals surface area contributed by atoms with Gasteiger partial charge in [-0.1, -0.05) is 6.08 Å². The normalized spacial score (nSPS) is 13.0. The van der Waals surface area contributed by atoms with Gasteiger partial charge in [0.15, 0.2) is 11.6 Å². The van der Waals surface area contributed by atoms with Gasteiger partial charge in [0.2, 0.25) is 16.9 Å². The number of nitrogens with zero attached hydrogens (tertiary/aromatic N) is 2. The monoisotopic (exact) mass is 605 g/mol. The number of fused-ring (bicyclic) bond motifs is 1. The number of carbonyl (C=O) groups is 1. The highest BCUT2D eigenvalue weighted by atomic mass is 19.1. The Balaban J connectivity index is 1.40. The molecule has 12 heteroatoms. The first-order valence-electron chi connectivity index (χ1n) is 14.0. The van der Waals surface area contributed by atoms with Crippen LogP contribution in [-0.4, -0.2) is 56.1 Å². The molecule has 0 atom stereocenters. The quantitative estimate of drug-likeness (QED) is 0.264. The van der Waals surface area contributed by atoms with E-state index in [9.17, 15) is 9.59 Å². The van der Waals surface area contributed by atoms with Gasteiger partial charge in [0.05, 0.1) is 26.9 Å². The summed E-state index contributed by atoms with van der Waals surface area (Å²) in [5.74, 6) is -0.376. The van der Waals surface area contributed by atoms with E-state index in [0.29, 0.717) is 72.5 Å². The Labute approximate surface area is 253 Å². The number of ether oxygens (including phenoxy) is 5. The van der Waals surface area contributed by atoms with Gasteiger partial charge >= 0.3 is 5.88 Å². The van der Waals surface area contributed by atoms with Crippen molar-refractivity contribution in [2.45, 2.75) is 20.3 Å². The molecule has 1 amide bonds. The average Bonchev–Trinajstić information content (AvgIpc) is 3.02. The maximum absolute atomic E-state index is 15.3. The largest absolute Gasteiger partial charge is 0.482 e. The Hall–Kier alpha value is -4.81. The van der Waals surface area contributed by atoms with Crippen LogP contribution in [0, 0.1) is 19.7 Å². The summed E-state index contributed by atoms with van der Waals surface area (Å²) in [5, 5.41) is 2.67. The summed E-state index contributed by atoms with van der Waals surface area (Å²) in [6, 6.07) is 7.30. The van der Waals surface area contributed by atoms with Gasteiger partial charge in [0.1, 0.15) is 17.7 Å². The Morgan fingerprint density at radius 1 is 1.11 bits per heavy atom. The smallest absolute Gasteiger partial charge is 0.410 e. The van der Waals surface area contributed by atoms with Crippen molar-refractivity contribution in [1.82, 2.24) is 9.55 Å². The first-order chi connectivity index (χ1) is 21.2. The molecule has 2 N–H and O–H groups in total. The zero-order valence-electron chi connectivity index (χ0n) is 25.2. The number of rotatable bonds is 10. The predicted molar refractivity (Wildman–Crippen MR) is 161 cm³/mol. The van der Waals surface area contributed by atoms with Gasteiger partial charge in [-0.2, -0.15) is 4.98 Å². The molecular weight excluding hydrogens is 571 g/mol. The van der Waals surface area contributed by atoms with Crippen LogP contribution in [0.25, 0.3) is 16.6 Å². The van der Waals surface area contributed by atoms with Gasteiger partial charge in [-0.05, 0) is 38.0 Å². The molecule has 4 heterocycles. The summed E-state index contributed by atoms with van der Waals surface area (Å²) in [5.41, 5.74) is 3.37. The highest BCUT2D eigenvalue weighted by Crippen LogP contribution is 2.33. The van der Waals surface area contributed by atoms with E-state index in [1.54, 1.807) is 33.2 Å². The minimum Gasteiger partial charge on any atom is -0.482 e. The number of pyridine rings is 3. The van der Waals surface area contributed by atoms with Crippen molar-refractivity contribution in [2.75, 3.05) is 46.0 Å². The summed E-state index contributed by atoms with van der Waals surface area (Å²) in [4.78, 5) is 34.4. The molecule has 5 rings (SSSR count). The SMILES string of the molecule is COCCOc1cc2nccc(Oc3ccc(NC(=O)c4c(C)n(C)c(C)c(C5=CCOCC5)c4=O)cc3F)c2[nH+]c1OC. The number of aromatic amines is 1. The number of anilines is 1. The van der Waals surface area contributed by atoms with E-state index in [1.165, 1.54) is 25.4 Å². The summed E-state index contributed by atoms with van der Waals surface area (Å²) < 4.78 is 44.6. The van der Waals surface area contributed by atoms with E-state index >= 15 is 4.39 Å². The fourth-order valence-corrected chi connectivity index (χ4v) is 5.05. The number of aromatic nitrogens is 3. The van der Waals surface area contributed by atoms with Crippen molar-refractivity contribution < 1.29 is 37.9 Å². The molecule has 0 spiro atoms. The van der Waals surface area contributed by atoms with Crippen LogP contribution in [0.2, 0.25) is 0 Å². The second kappa shape index (κ2) is 13.2. The van der Waals surface area contributed by atoms with Crippen LogP contribution < -0.4 is 29.9 Å². The lowest BCUT2D eigenvalue weighted by molar-refractivity contribution is -0.363. The fourth-order valence-electron chi connectivity index (χ4n) is 5.05. The predicted octanol–water partition coefficient (Wildman–Crippen LogP) is 4.39. The number of hydrogen-bond donors (Lipinski definition) is 1. The summed E-state index contributed by atoms with van der Waals surface area (Å²) in [6.45, 7) is 5.18. The van der Waals surface area contributed by atoms with Gasteiger partial charge in [0.25, 0.3) is 11.4 Å². The molecule has 0 saturated carbocycles. The van der Waals surface area contributed by atoms with Crippen molar-refractivity contribution in [3.8, 4) is 23.1 Å². The van der Waals surface area contributed by atoms with Crippen LogP contribution in [0.1, 0.15) is 33.7 Å². The number of hydrogen-bond acceptors (Lipinski definition) is 8. The first kappa shape index (κ1) is 30.6. The molecule has 1 aromatic carbocycles. The Kier molecular flexibility index (Phi) is 9.21. The Bertz CT molecular complexity index is 1820. The minimum absolute atomic E-state index is 0.000430. The summed E-state index contributed by atoms with van der Waals surface area (Å²) in [6.07, 6.45) is 3.97. The lowest BCUT2D eigenvalue weighted by Gasteiger charge is -2.21. The van der Waals surface area contributed by atoms with Crippen LogP contribution in [-0.2, 0) is 16.5 Å². The first-order valence-corrected chi connectivity index (χ1v) is 14.0. The van der Waals surface area contributed by atoms with Crippen molar-refractivity contribution in [1.29, 1.82) is 0 Å². The molecule has 3 aromatic heterocycles. The fraction of sp³-hybridized carbons (Fsp3) is 0.312. The van der Waals surface area contributed by atoms with Crippen molar-refractivity contribution >= 4 is 28.2 Å². The molecule has 11 nitrogen and oxygen atoms in total. The maximum Gasteiger partial charge on any atom is 0.410 e. The number of carbonyl (C=O) groups excluding carboxylic acids is 1. The standard InChI is InChI=1S/C32H33FN4O7/c1-18-27(20-9-12-42-13-10-20)30(38)28(19(2)37(18)3)31(39)35-21-6-7-24(22(33)16-21)44-25-8-11-34-23-17-26(43-15-14-40-4)32(41-5)36-29(23)25/h6-9,11,16-17H,10,12-15H2,1-5H3,(H,35,39)/p+1. The summed E-state index contributed by atoms with van der Waals surface area (Å²) in [7, 11) is 4.87. The Morgan fingerprint density at radius 3 is 2.64 bits per heavy atom. The highest BCUT2D eigenvalue weighted by Gasteiger charge is 2.25. The average molecular weight is 606 g/mol. The van der Waals surface area contributed by atoms with Crippen molar-refractivity contribution in [2.24, 2.45) is 7.05 Å². The van der Waals surface area contributed by atoms with E-state index in [4.69, 9.17) is 23.7 Å². The van der Waals surface area contributed by atoms with Gasteiger partial charge < -0.3 is 33.6 Å². The van der Waals surface area contributed by atoms with Crippen LogP contribution in [0.3, 0.4) is 0 Å². The van der Waals surface area contributed by atoms with Crippen LogP contribution in [0.15, 0.2) is 47.4 Å². The number of methoxy groups -OCH3 is 2. The number of halogens is 1. The molecule has 0 fully saturated rings. The number of amides is 1. The molecule has 0 radical (unpaired) electrons. The molecule has 0 unspecified atom stereocenters. The molecule has 1 aliphatic heterocycles.